The van der Waals surface area contributed by atoms with Gasteiger partial charge < -0.3 is 10.0 Å². The highest BCUT2D eigenvalue weighted by molar-refractivity contribution is 5.64. The lowest BCUT2D eigenvalue weighted by atomic mass is 9.95. The second-order valence-corrected chi connectivity index (χ2v) is 3.12. The maximum atomic E-state index is 10.5. The van der Waals surface area contributed by atoms with E-state index in [0.29, 0.717) is 0 Å². The molecule has 0 saturated carbocycles. The first kappa shape index (κ1) is 8.37. The quantitative estimate of drug-likeness (QED) is 0.630. The Morgan fingerprint density at radius 3 is 2.45 bits per heavy atom. The first-order valence-electron chi connectivity index (χ1n) is 4.22. The molecule has 1 amide bonds. The van der Waals surface area contributed by atoms with Crippen molar-refractivity contribution in [1.82, 2.24) is 4.90 Å². The number of hydrogen-bond acceptors (Lipinski definition) is 1. The number of piperidine rings is 1. The number of carboxylic acid groups (broad SMARTS) is 1. The summed E-state index contributed by atoms with van der Waals surface area (Å²) >= 11 is 0. The molecule has 1 fully saturated rings. The third-order valence-electron chi connectivity index (χ3n) is 2.46. The zero-order chi connectivity index (χ0) is 8.27. The molecule has 0 aromatic rings. The van der Waals surface area contributed by atoms with Crippen molar-refractivity contribution >= 4 is 6.09 Å². The van der Waals surface area contributed by atoms with E-state index < -0.39 is 6.09 Å². The van der Waals surface area contributed by atoms with Crippen molar-refractivity contribution in [3.63, 3.8) is 0 Å². The molecule has 1 aliphatic heterocycles. The van der Waals surface area contributed by atoms with E-state index in [0.717, 1.165) is 31.8 Å². The Hall–Kier alpha value is -0.730. The molecule has 1 rings (SSSR count). The van der Waals surface area contributed by atoms with E-state index in [1.807, 2.05) is 0 Å². The van der Waals surface area contributed by atoms with Gasteiger partial charge in [-0.05, 0) is 18.8 Å². The Balaban J connectivity index is 2.30. The molecule has 0 spiro atoms. The number of amides is 1. The second-order valence-electron chi connectivity index (χ2n) is 3.12. The van der Waals surface area contributed by atoms with Crippen molar-refractivity contribution in [2.75, 3.05) is 13.1 Å². The Kier molecular flexibility index (Phi) is 2.74. The lowest BCUT2D eigenvalue weighted by Gasteiger charge is -2.29. The molecular formula is C8H15NO2. The fourth-order valence-corrected chi connectivity index (χ4v) is 1.53. The summed E-state index contributed by atoms with van der Waals surface area (Å²) in [5, 5.41) is 8.62. The first-order chi connectivity index (χ1) is 5.24. The zero-order valence-electron chi connectivity index (χ0n) is 6.92. The molecule has 1 aliphatic rings. The summed E-state index contributed by atoms with van der Waals surface area (Å²) in [6, 6.07) is 0. The van der Waals surface area contributed by atoms with E-state index in [-0.39, 0.29) is 0 Å². The fourth-order valence-electron chi connectivity index (χ4n) is 1.53. The summed E-state index contributed by atoms with van der Waals surface area (Å²) in [5.41, 5.74) is 0. The molecule has 1 saturated heterocycles. The van der Waals surface area contributed by atoms with Crippen LogP contribution in [0, 0.1) is 5.92 Å². The van der Waals surface area contributed by atoms with Crippen LogP contribution < -0.4 is 0 Å². The number of carbonyl (C=O) groups is 1. The number of likely N-dealkylation sites (tertiary alicyclic amines) is 1. The molecule has 0 unspecified atom stereocenters. The summed E-state index contributed by atoms with van der Waals surface area (Å²) < 4.78 is 0. The Labute approximate surface area is 67.0 Å². The van der Waals surface area contributed by atoms with Gasteiger partial charge in [0.2, 0.25) is 0 Å². The molecule has 0 bridgehead atoms. The number of rotatable bonds is 1. The summed E-state index contributed by atoms with van der Waals surface area (Å²) in [6.45, 7) is 3.63. The minimum atomic E-state index is -0.764. The highest BCUT2D eigenvalue weighted by Crippen LogP contribution is 2.19. The van der Waals surface area contributed by atoms with E-state index in [2.05, 4.69) is 6.92 Å². The van der Waals surface area contributed by atoms with Gasteiger partial charge in [0.15, 0.2) is 0 Å². The lowest BCUT2D eigenvalue weighted by Crippen LogP contribution is -2.37. The van der Waals surface area contributed by atoms with E-state index in [1.165, 1.54) is 11.3 Å². The summed E-state index contributed by atoms with van der Waals surface area (Å²) in [6.07, 6.45) is 2.51. The van der Waals surface area contributed by atoms with Gasteiger partial charge in [0.05, 0.1) is 0 Å². The predicted molar refractivity (Wildman–Crippen MR) is 42.6 cm³/mol. The third kappa shape index (κ3) is 2.10. The smallest absolute Gasteiger partial charge is 0.407 e. The van der Waals surface area contributed by atoms with Crippen LogP contribution in [0.4, 0.5) is 4.79 Å². The van der Waals surface area contributed by atoms with Crippen molar-refractivity contribution in [3.8, 4) is 0 Å². The van der Waals surface area contributed by atoms with Crippen LogP contribution in [-0.2, 0) is 0 Å². The Morgan fingerprint density at radius 2 is 2.09 bits per heavy atom. The first-order valence-corrected chi connectivity index (χ1v) is 4.22. The molecule has 0 atom stereocenters. The number of hydrogen-bond donors (Lipinski definition) is 1. The normalized spacial score (nSPS) is 20.3. The van der Waals surface area contributed by atoms with Gasteiger partial charge in [0, 0.05) is 13.1 Å². The fraction of sp³-hybridized carbons (Fsp3) is 0.875. The topological polar surface area (TPSA) is 40.5 Å². The van der Waals surface area contributed by atoms with Crippen molar-refractivity contribution < 1.29 is 9.90 Å². The van der Waals surface area contributed by atoms with Gasteiger partial charge in [-0.3, -0.25) is 0 Å². The van der Waals surface area contributed by atoms with Crippen LogP contribution in [-0.4, -0.2) is 29.2 Å². The molecule has 11 heavy (non-hydrogen) atoms. The Morgan fingerprint density at radius 1 is 1.55 bits per heavy atom. The van der Waals surface area contributed by atoms with E-state index in [4.69, 9.17) is 5.11 Å². The average Bonchev–Trinajstić information content (AvgIpc) is 2.05. The molecule has 64 valence electrons. The van der Waals surface area contributed by atoms with Crippen molar-refractivity contribution in [3.05, 3.63) is 0 Å². The molecule has 3 nitrogen and oxygen atoms in total. The van der Waals surface area contributed by atoms with Gasteiger partial charge >= 0.3 is 6.09 Å². The molecule has 0 radical (unpaired) electrons. The molecule has 1 heterocycles. The molecule has 0 aromatic carbocycles. The molecule has 1 N–H and O–H groups in total. The van der Waals surface area contributed by atoms with E-state index in [1.54, 1.807) is 0 Å². The van der Waals surface area contributed by atoms with E-state index >= 15 is 0 Å². The van der Waals surface area contributed by atoms with Crippen molar-refractivity contribution in [2.45, 2.75) is 26.2 Å². The van der Waals surface area contributed by atoms with Gasteiger partial charge in [-0.2, -0.15) is 0 Å². The highest BCUT2D eigenvalue weighted by atomic mass is 16.4. The summed E-state index contributed by atoms with van der Waals surface area (Å²) in [7, 11) is 0. The van der Waals surface area contributed by atoms with Crippen LogP contribution >= 0.6 is 0 Å². The monoisotopic (exact) mass is 157 g/mol. The van der Waals surface area contributed by atoms with Gasteiger partial charge in [-0.25, -0.2) is 4.79 Å². The maximum Gasteiger partial charge on any atom is 0.407 e. The van der Waals surface area contributed by atoms with E-state index in [9.17, 15) is 4.79 Å². The molecule has 3 heteroatoms. The largest absolute Gasteiger partial charge is 0.465 e. The van der Waals surface area contributed by atoms with Crippen LogP contribution in [0.1, 0.15) is 26.2 Å². The van der Waals surface area contributed by atoms with Crippen molar-refractivity contribution in [1.29, 1.82) is 0 Å². The molecular weight excluding hydrogens is 142 g/mol. The van der Waals surface area contributed by atoms with Gasteiger partial charge in [-0.1, -0.05) is 13.3 Å². The molecule has 0 aliphatic carbocycles. The molecule has 0 aromatic heterocycles. The van der Waals surface area contributed by atoms with Gasteiger partial charge in [0.1, 0.15) is 0 Å². The summed E-state index contributed by atoms with van der Waals surface area (Å²) in [4.78, 5) is 12.0. The van der Waals surface area contributed by atoms with Crippen LogP contribution in [0.3, 0.4) is 0 Å². The minimum Gasteiger partial charge on any atom is -0.465 e. The van der Waals surface area contributed by atoms with Crippen molar-refractivity contribution in [2.24, 2.45) is 5.92 Å². The SMILES string of the molecule is CCC1CCN(C(=O)O)CC1. The minimum absolute atomic E-state index is 0.730. The predicted octanol–water partition coefficient (Wildman–Crippen LogP) is 1.79. The second kappa shape index (κ2) is 3.60. The maximum absolute atomic E-state index is 10.5. The standard InChI is InChI=1S/C8H15NO2/c1-2-7-3-5-9(6-4-7)8(10)11/h7H,2-6H2,1H3,(H,10,11). The Bertz CT molecular complexity index is 139. The van der Waals surface area contributed by atoms with Gasteiger partial charge in [0.25, 0.3) is 0 Å². The van der Waals surface area contributed by atoms with Crippen LogP contribution in [0.2, 0.25) is 0 Å². The van der Waals surface area contributed by atoms with Gasteiger partial charge in [-0.15, -0.1) is 0 Å². The van der Waals surface area contributed by atoms with Crippen LogP contribution in [0.15, 0.2) is 0 Å². The zero-order valence-corrected chi connectivity index (χ0v) is 6.92. The lowest BCUT2D eigenvalue weighted by molar-refractivity contribution is 0.124. The van der Waals surface area contributed by atoms with Crippen LogP contribution in [0.5, 0.6) is 0 Å². The number of nitrogens with zero attached hydrogens (tertiary/aromatic N) is 1. The summed E-state index contributed by atoms with van der Waals surface area (Å²) in [5.74, 6) is 0.755. The average molecular weight is 157 g/mol. The third-order valence-corrected chi connectivity index (χ3v) is 2.46. The van der Waals surface area contributed by atoms with Crippen LogP contribution in [0.25, 0.3) is 0 Å². The highest BCUT2D eigenvalue weighted by Gasteiger charge is 2.20.